The van der Waals surface area contributed by atoms with Gasteiger partial charge in [0.1, 0.15) is 5.56 Å². The normalized spacial score (nSPS) is 11.0. The molecule has 5 heteroatoms. The molecule has 1 aromatic carbocycles. The van der Waals surface area contributed by atoms with Gasteiger partial charge in [-0.2, -0.15) is 0 Å². The maximum atomic E-state index is 13.3. The first-order chi connectivity index (χ1) is 14.4. The van der Waals surface area contributed by atoms with Crippen molar-refractivity contribution in [3.05, 3.63) is 61.0 Å². The van der Waals surface area contributed by atoms with Crippen LogP contribution in [0, 0.1) is 6.92 Å². The molecule has 0 aliphatic carbocycles. The highest BCUT2D eigenvalue weighted by molar-refractivity contribution is 9.10. The van der Waals surface area contributed by atoms with E-state index in [0.717, 1.165) is 66.9 Å². The number of hydrogen-bond acceptors (Lipinski definition) is 2. The second-order valence-electron chi connectivity index (χ2n) is 7.73. The summed E-state index contributed by atoms with van der Waals surface area (Å²) in [7, 11) is 0. The van der Waals surface area contributed by atoms with Gasteiger partial charge in [-0.1, -0.05) is 65.2 Å². The number of aryl methyl sites for hydroxylation is 2. The molecule has 30 heavy (non-hydrogen) atoms. The Morgan fingerprint density at radius 1 is 1.00 bits per heavy atom. The standard InChI is InChI=1S/C25H35BrN2O2/c1-6-10-11-12-16-28-17(5)21(24(29)22(26)20(28)9-4)25(30)27-23-18(7-2)14-13-15-19(23)8-3/h13-15H,6-12,16H2,1-5H3,(H,27,30). The lowest BCUT2D eigenvalue weighted by Gasteiger charge is -2.21. The van der Waals surface area contributed by atoms with Crippen molar-refractivity contribution >= 4 is 27.5 Å². The van der Waals surface area contributed by atoms with Crippen molar-refractivity contribution in [2.45, 2.75) is 86.1 Å². The highest BCUT2D eigenvalue weighted by Crippen LogP contribution is 2.25. The summed E-state index contributed by atoms with van der Waals surface area (Å²) in [5.74, 6) is -0.321. The van der Waals surface area contributed by atoms with Crippen molar-refractivity contribution in [2.24, 2.45) is 0 Å². The number of hydrogen-bond donors (Lipinski definition) is 1. The third-order valence-corrected chi connectivity index (χ3v) is 6.62. The molecule has 0 atom stereocenters. The monoisotopic (exact) mass is 474 g/mol. The van der Waals surface area contributed by atoms with E-state index in [1.807, 2.05) is 32.0 Å². The molecule has 2 rings (SSSR count). The molecule has 0 saturated carbocycles. The molecule has 0 unspecified atom stereocenters. The van der Waals surface area contributed by atoms with Crippen LogP contribution in [0.25, 0.3) is 0 Å². The minimum atomic E-state index is -0.321. The molecule has 0 spiro atoms. The third-order valence-electron chi connectivity index (χ3n) is 5.81. The largest absolute Gasteiger partial charge is 0.347 e. The van der Waals surface area contributed by atoms with E-state index < -0.39 is 0 Å². The summed E-state index contributed by atoms with van der Waals surface area (Å²) < 4.78 is 2.67. The van der Waals surface area contributed by atoms with Gasteiger partial charge in [-0.3, -0.25) is 9.59 Å². The highest BCUT2D eigenvalue weighted by Gasteiger charge is 2.23. The number of nitrogens with one attached hydrogen (secondary N) is 1. The number of amides is 1. The van der Waals surface area contributed by atoms with E-state index in [-0.39, 0.29) is 16.9 Å². The number of nitrogens with zero attached hydrogens (tertiary/aromatic N) is 1. The Kier molecular flexibility index (Phi) is 9.35. The maximum Gasteiger partial charge on any atom is 0.261 e. The molecule has 1 heterocycles. The number of unbranched alkanes of at least 4 members (excludes halogenated alkanes) is 3. The fraction of sp³-hybridized carbons (Fsp3) is 0.520. The number of pyridine rings is 1. The summed E-state index contributed by atoms with van der Waals surface area (Å²) in [5, 5.41) is 3.07. The summed E-state index contributed by atoms with van der Waals surface area (Å²) in [5.41, 5.74) is 4.75. The number of carbonyl (C=O) groups excluding carboxylic acids is 1. The molecular formula is C25H35BrN2O2. The van der Waals surface area contributed by atoms with Gasteiger partial charge in [0.2, 0.25) is 5.43 Å². The first-order valence-electron chi connectivity index (χ1n) is 11.2. The molecule has 0 aliphatic heterocycles. The van der Waals surface area contributed by atoms with Crippen molar-refractivity contribution in [1.82, 2.24) is 4.57 Å². The first kappa shape index (κ1) is 24.4. The zero-order valence-corrected chi connectivity index (χ0v) is 20.6. The van der Waals surface area contributed by atoms with Crippen LogP contribution in [0.1, 0.15) is 86.3 Å². The predicted octanol–water partition coefficient (Wildman–Crippen LogP) is 6.44. The van der Waals surface area contributed by atoms with Crippen molar-refractivity contribution in [3.8, 4) is 0 Å². The summed E-state index contributed by atoms with van der Waals surface area (Å²) in [6.07, 6.45) is 6.95. The zero-order valence-electron chi connectivity index (χ0n) is 19.0. The Balaban J connectivity index is 2.50. The van der Waals surface area contributed by atoms with Crippen LogP contribution in [-0.4, -0.2) is 10.5 Å². The Bertz CT molecular complexity index is 925. The topological polar surface area (TPSA) is 51.1 Å². The van der Waals surface area contributed by atoms with E-state index in [1.54, 1.807) is 0 Å². The molecule has 0 aliphatic rings. The van der Waals surface area contributed by atoms with Gasteiger partial charge in [-0.25, -0.2) is 0 Å². The van der Waals surface area contributed by atoms with Gasteiger partial charge >= 0.3 is 0 Å². The second-order valence-corrected chi connectivity index (χ2v) is 8.52. The van der Waals surface area contributed by atoms with Gasteiger partial charge in [-0.15, -0.1) is 0 Å². The highest BCUT2D eigenvalue weighted by atomic mass is 79.9. The quantitative estimate of drug-likeness (QED) is 0.402. The Morgan fingerprint density at radius 3 is 2.17 bits per heavy atom. The summed E-state index contributed by atoms with van der Waals surface area (Å²) >= 11 is 3.50. The van der Waals surface area contributed by atoms with Gasteiger partial charge in [0.05, 0.1) is 4.47 Å². The lowest BCUT2D eigenvalue weighted by molar-refractivity contribution is 0.102. The van der Waals surface area contributed by atoms with Crippen LogP contribution >= 0.6 is 15.9 Å². The molecule has 2 aromatic rings. The molecule has 1 N–H and O–H groups in total. The molecular weight excluding hydrogens is 440 g/mol. The molecule has 1 aromatic heterocycles. The van der Waals surface area contributed by atoms with Crippen molar-refractivity contribution in [2.75, 3.05) is 5.32 Å². The zero-order chi connectivity index (χ0) is 22.3. The van der Waals surface area contributed by atoms with E-state index >= 15 is 0 Å². The van der Waals surface area contributed by atoms with Crippen LogP contribution in [0.4, 0.5) is 5.69 Å². The fourth-order valence-electron chi connectivity index (χ4n) is 4.05. The van der Waals surface area contributed by atoms with Gasteiger partial charge < -0.3 is 9.88 Å². The Morgan fingerprint density at radius 2 is 1.63 bits per heavy atom. The van der Waals surface area contributed by atoms with E-state index in [0.29, 0.717) is 4.47 Å². The molecule has 0 fully saturated rings. The van der Waals surface area contributed by atoms with Crippen LogP contribution in [-0.2, 0) is 25.8 Å². The third kappa shape index (κ3) is 5.23. The number of carbonyl (C=O) groups is 1. The van der Waals surface area contributed by atoms with Crippen LogP contribution in [0.2, 0.25) is 0 Å². The van der Waals surface area contributed by atoms with Crippen LogP contribution in [0.3, 0.4) is 0 Å². The fourth-order valence-corrected chi connectivity index (χ4v) is 4.75. The number of rotatable bonds is 10. The maximum absolute atomic E-state index is 13.3. The summed E-state index contributed by atoms with van der Waals surface area (Å²) in [6, 6.07) is 6.09. The average Bonchev–Trinajstić information content (AvgIpc) is 2.74. The van der Waals surface area contributed by atoms with Gasteiger partial charge in [-0.05, 0) is 59.7 Å². The van der Waals surface area contributed by atoms with Gasteiger partial charge in [0.25, 0.3) is 5.91 Å². The minimum Gasteiger partial charge on any atom is -0.347 e. The van der Waals surface area contributed by atoms with E-state index in [1.165, 1.54) is 12.8 Å². The van der Waals surface area contributed by atoms with E-state index in [2.05, 4.69) is 46.6 Å². The van der Waals surface area contributed by atoms with E-state index in [4.69, 9.17) is 0 Å². The number of para-hydroxylation sites is 1. The van der Waals surface area contributed by atoms with Gasteiger partial charge in [0.15, 0.2) is 0 Å². The number of halogens is 1. The van der Waals surface area contributed by atoms with Gasteiger partial charge in [0, 0.05) is 23.6 Å². The summed E-state index contributed by atoms with van der Waals surface area (Å²) in [6.45, 7) is 11.1. The molecule has 0 saturated heterocycles. The molecule has 0 bridgehead atoms. The molecule has 1 amide bonds. The predicted molar refractivity (Wildman–Crippen MR) is 130 cm³/mol. The van der Waals surface area contributed by atoms with E-state index in [9.17, 15) is 9.59 Å². The van der Waals surface area contributed by atoms with Crippen molar-refractivity contribution in [3.63, 3.8) is 0 Å². The lowest BCUT2D eigenvalue weighted by Crippen LogP contribution is -2.29. The lowest BCUT2D eigenvalue weighted by atomic mass is 10.0. The van der Waals surface area contributed by atoms with Crippen molar-refractivity contribution in [1.29, 1.82) is 0 Å². The summed E-state index contributed by atoms with van der Waals surface area (Å²) in [4.78, 5) is 26.4. The van der Waals surface area contributed by atoms with Crippen LogP contribution in [0.15, 0.2) is 27.5 Å². The Labute approximate surface area is 189 Å². The number of aromatic nitrogens is 1. The smallest absolute Gasteiger partial charge is 0.261 e. The Hall–Kier alpha value is -1.88. The molecule has 164 valence electrons. The van der Waals surface area contributed by atoms with Crippen LogP contribution in [0.5, 0.6) is 0 Å². The minimum absolute atomic E-state index is 0.223. The SMILES string of the molecule is CCCCCCn1c(C)c(C(=O)Nc2c(CC)cccc2CC)c(=O)c(Br)c1CC. The second kappa shape index (κ2) is 11.5. The average molecular weight is 475 g/mol. The molecule has 0 radical (unpaired) electrons. The van der Waals surface area contributed by atoms with Crippen molar-refractivity contribution < 1.29 is 4.79 Å². The first-order valence-corrected chi connectivity index (χ1v) is 12.0. The van der Waals surface area contributed by atoms with Crippen LogP contribution < -0.4 is 10.7 Å². The number of benzene rings is 1. The number of anilines is 1. The molecule has 4 nitrogen and oxygen atoms in total.